The second kappa shape index (κ2) is 6.17. The van der Waals surface area contributed by atoms with Crippen molar-refractivity contribution in [2.75, 3.05) is 26.4 Å². The van der Waals surface area contributed by atoms with Gasteiger partial charge in [-0.05, 0) is 18.2 Å². The lowest BCUT2D eigenvalue weighted by molar-refractivity contribution is 0.0838. The minimum atomic E-state index is -3.41. The molecule has 1 heterocycles. The van der Waals surface area contributed by atoms with Gasteiger partial charge in [-0.1, -0.05) is 6.07 Å². The zero-order valence-electron chi connectivity index (χ0n) is 10.7. The second-order valence-electron chi connectivity index (χ2n) is 4.16. The van der Waals surface area contributed by atoms with Crippen LogP contribution in [0.15, 0.2) is 28.5 Å². The van der Waals surface area contributed by atoms with Gasteiger partial charge in [0.1, 0.15) is 0 Å². The molecule has 1 aliphatic heterocycles. The van der Waals surface area contributed by atoms with Crippen LogP contribution in [0.4, 0.5) is 0 Å². The van der Waals surface area contributed by atoms with E-state index in [1.165, 1.54) is 12.1 Å². The zero-order chi connectivity index (χ0) is 14.6. The average molecular weight is 297 g/mol. The first-order chi connectivity index (χ1) is 9.56. The quantitative estimate of drug-likeness (QED) is 0.731. The van der Waals surface area contributed by atoms with Crippen LogP contribution >= 0.6 is 0 Å². The molecule has 1 aromatic rings. The number of fused-ring (bicyclic) bond motifs is 1. The topological polar surface area (TPSA) is 92.7 Å². The molecule has 2 rings (SSSR count). The van der Waals surface area contributed by atoms with Crippen LogP contribution < -0.4 is 5.32 Å². The maximum atomic E-state index is 12.0. The van der Waals surface area contributed by atoms with E-state index in [4.69, 9.17) is 9.84 Å². The van der Waals surface area contributed by atoms with E-state index in [1.54, 1.807) is 12.1 Å². The van der Waals surface area contributed by atoms with Gasteiger partial charge in [0, 0.05) is 23.1 Å². The Hall–Kier alpha value is -1.70. The Morgan fingerprint density at radius 3 is 2.85 bits per heavy atom. The van der Waals surface area contributed by atoms with Crippen LogP contribution in [-0.2, 0) is 14.6 Å². The van der Waals surface area contributed by atoms with Gasteiger partial charge >= 0.3 is 0 Å². The number of rotatable bonds is 6. The molecule has 0 unspecified atom stereocenters. The van der Waals surface area contributed by atoms with Crippen LogP contribution in [-0.4, -0.2) is 45.8 Å². The molecule has 1 amide bonds. The molecule has 0 saturated carbocycles. The summed E-state index contributed by atoms with van der Waals surface area (Å²) in [6, 6.07) is 4.60. The first-order valence-electron chi connectivity index (χ1n) is 6.09. The minimum Gasteiger partial charge on any atom is -0.394 e. The summed E-state index contributed by atoms with van der Waals surface area (Å²) >= 11 is 0. The Balaban J connectivity index is 2.06. The molecule has 0 spiro atoms. The Morgan fingerprint density at radius 1 is 1.30 bits per heavy atom. The fourth-order valence-corrected chi connectivity index (χ4v) is 3.11. The highest BCUT2D eigenvalue weighted by Gasteiger charge is 2.24. The van der Waals surface area contributed by atoms with Crippen molar-refractivity contribution in [1.29, 1.82) is 0 Å². The van der Waals surface area contributed by atoms with Crippen molar-refractivity contribution in [2.24, 2.45) is 0 Å². The number of hydrogen-bond donors (Lipinski definition) is 2. The summed E-state index contributed by atoms with van der Waals surface area (Å²) in [7, 11) is -3.41. The van der Waals surface area contributed by atoms with E-state index in [9.17, 15) is 13.2 Å². The molecule has 1 aromatic carbocycles. The number of carbonyl (C=O) groups is 1. The smallest absolute Gasteiger partial charge is 0.252 e. The van der Waals surface area contributed by atoms with Gasteiger partial charge in [-0.3, -0.25) is 4.79 Å². The molecule has 2 N–H and O–H groups in total. The lowest BCUT2D eigenvalue weighted by atomic mass is 10.1. The van der Waals surface area contributed by atoms with E-state index in [2.05, 4.69) is 5.32 Å². The molecule has 20 heavy (non-hydrogen) atoms. The molecule has 0 aromatic heterocycles. The van der Waals surface area contributed by atoms with Gasteiger partial charge in [-0.25, -0.2) is 8.42 Å². The number of aliphatic hydroxyl groups excluding tert-OH is 1. The summed E-state index contributed by atoms with van der Waals surface area (Å²) in [6.45, 7) is 0.731. The lowest BCUT2D eigenvalue weighted by Crippen LogP contribution is -2.28. The van der Waals surface area contributed by atoms with E-state index in [-0.39, 0.29) is 30.6 Å². The molecule has 1 aliphatic rings. The standard InChI is InChI=1S/C13H15NO5S/c15-6-8-19-7-5-14-13(16)11-2-1-3-12-10(11)4-9-20(12,17)18/h1-4,9,15H,5-8H2,(H,14,16). The van der Waals surface area contributed by atoms with Crippen molar-refractivity contribution in [3.8, 4) is 0 Å². The summed E-state index contributed by atoms with van der Waals surface area (Å²) in [5, 5.41) is 12.3. The predicted octanol–water partition coefficient (Wildman–Crippen LogP) is 0.183. The number of ether oxygens (including phenoxy) is 1. The van der Waals surface area contributed by atoms with Gasteiger partial charge in [0.15, 0.2) is 9.84 Å². The third-order valence-electron chi connectivity index (χ3n) is 2.80. The number of amides is 1. The molecule has 7 heteroatoms. The van der Waals surface area contributed by atoms with E-state index in [1.807, 2.05) is 0 Å². The monoisotopic (exact) mass is 297 g/mol. The van der Waals surface area contributed by atoms with Crippen molar-refractivity contribution in [3.05, 3.63) is 34.7 Å². The van der Waals surface area contributed by atoms with Gasteiger partial charge in [-0.2, -0.15) is 0 Å². The summed E-state index contributed by atoms with van der Waals surface area (Å²) in [5.41, 5.74) is 0.739. The molecular formula is C13H15NO5S. The zero-order valence-corrected chi connectivity index (χ0v) is 11.5. The number of sulfone groups is 1. The summed E-state index contributed by atoms with van der Waals surface area (Å²) in [4.78, 5) is 12.2. The van der Waals surface area contributed by atoms with Gasteiger partial charge in [0.25, 0.3) is 5.91 Å². The summed E-state index contributed by atoms with van der Waals surface area (Å²) in [6.07, 6.45) is 1.43. The molecule has 0 saturated heterocycles. The second-order valence-corrected chi connectivity index (χ2v) is 5.96. The molecule has 6 nitrogen and oxygen atoms in total. The Labute approximate surface area is 117 Å². The number of carbonyl (C=O) groups excluding carboxylic acids is 1. The van der Waals surface area contributed by atoms with Gasteiger partial charge in [0.05, 0.1) is 24.7 Å². The van der Waals surface area contributed by atoms with Crippen LogP contribution in [0.3, 0.4) is 0 Å². The third-order valence-corrected chi connectivity index (χ3v) is 4.26. The van der Waals surface area contributed by atoms with Crippen molar-refractivity contribution in [1.82, 2.24) is 5.32 Å². The van der Waals surface area contributed by atoms with Crippen molar-refractivity contribution >= 4 is 21.8 Å². The number of nitrogens with one attached hydrogen (secondary N) is 1. The molecule has 108 valence electrons. The highest BCUT2D eigenvalue weighted by molar-refractivity contribution is 7.94. The fraction of sp³-hybridized carbons (Fsp3) is 0.308. The summed E-state index contributed by atoms with van der Waals surface area (Å²) < 4.78 is 28.4. The molecule has 0 fully saturated rings. The molecular weight excluding hydrogens is 282 g/mol. The van der Waals surface area contributed by atoms with Gasteiger partial charge in [-0.15, -0.1) is 0 Å². The van der Waals surface area contributed by atoms with E-state index < -0.39 is 9.84 Å². The van der Waals surface area contributed by atoms with Crippen LogP contribution in [0, 0.1) is 0 Å². The maximum absolute atomic E-state index is 12.0. The first-order valence-corrected chi connectivity index (χ1v) is 7.64. The Bertz CT molecular complexity index is 636. The van der Waals surface area contributed by atoms with Crippen LogP contribution in [0.1, 0.15) is 15.9 Å². The normalized spacial score (nSPS) is 15.1. The van der Waals surface area contributed by atoms with Gasteiger partial charge in [0.2, 0.25) is 0 Å². The highest BCUT2D eigenvalue weighted by atomic mass is 32.2. The number of aliphatic hydroxyl groups is 1. The third kappa shape index (κ3) is 3.06. The minimum absolute atomic E-state index is 0.0667. The first kappa shape index (κ1) is 14.7. The Morgan fingerprint density at radius 2 is 2.10 bits per heavy atom. The number of benzene rings is 1. The van der Waals surface area contributed by atoms with Crippen molar-refractivity contribution < 1.29 is 23.1 Å². The van der Waals surface area contributed by atoms with E-state index in [0.717, 1.165) is 5.41 Å². The van der Waals surface area contributed by atoms with E-state index >= 15 is 0 Å². The van der Waals surface area contributed by atoms with Crippen LogP contribution in [0.2, 0.25) is 0 Å². The Kier molecular flexibility index (Phi) is 4.53. The lowest BCUT2D eigenvalue weighted by Gasteiger charge is -2.08. The SMILES string of the molecule is O=C(NCCOCCO)c1cccc2c1C=CS2(=O)=O. The molecule has 0 atom stereocenters. The van der Waals surface area contributed by atoms with Crippen molar-refractivity contribution in [2.45, 2.75) is 4.90 Å². The average Bonchev–Trinajstić information content (AvgIpc) is 2.74. The maximum Gasteiger partial charge on any atom is 0.252 e. The van der Waals surface area contributed by atoms with Crippen LogP contribution in [0.25, 0.3) is 6.08 Å². The van der Waals surface area contributed by atoms with Crippen molar-refractivity contribution in [3.63, 3.8) is 0 Å². The van der Waals surface area contributed by atoms with Crippen LogP contribution in [0.5, 0.6) is 0 Å². The van der Waals surface area contributed by atoms with Gasteiger partial charge < -0.3 is 15.2 Å². The predicted molar refractivity (Wildman–Crippen MR) is 72.9 cm³/mol. The highest BCUT2D eigenvalue weighted by Crippen LogP contribution is 2.29. The summed E-state index contributed by atoms with van der Waals surface area (Å²) in [5.74, 6) is -0.351. The largest absolute Gasteiger partial charge is 0.394 e. The molecule has 0 aliphatic carbocycles. The molecule has 0 bridgehead atoms. The fourth-order valence-electron chi connectivity index (χ4n) is 1.89. The molecule has 0 radical (unpaired) electrons. The number of hydrogen-bond acceptors (Lipinski definition) is 5. The van der Waals surface area contributed by atoms with E-state index in [0.29, 0.717) is 17.7 Å².